The number of carbonyl (C=O) groups is 2. The van der Waals surface area contributed by atoms with Crippen molar-refractivity contribution in [1.82, 2.24) is 0 Å². The average molecular weight is 234 g/mol. The number of rotatable bonds is 3. The number of benzene rings is 1. The number of ether oxygens (including phenoxy) is 1. The van der Waals surface area contributed by atoms with Crippen LogP contribution in [0.25, 0.3) is 0 Å². The number of methoxy groups -OCH3 is 1. The van der Waals surface area contributed by atoms with Crippen LogP contribution in [0.3, 0.4) is 0 Å². The molecule has 1 aromatic rings. The standard InChI is InChI=1S/C14H18O3/c1-9(15)10-6-7-11(12(8-10)17-5)13(16)14(2,3)4/h6-8H,1-5H3. The molecule has 0 heterocycles. The Hall–Kier alpha value is -1.64. The van der Waals surface area contributed by atoms with Crippen molar-refractivity contribution >= 4 is 11.6 Å². The highest BCUT2D eigenvalue weighted by molar-refractivity contribution is 6.03. The molecular weight excluding hydrogens is 216 g/mol. The third-order valence-corrected chi connectivity index (χ3v) is 2.53. The first-order valence-electron chi connectivity index (χ1n) is 5.51. The average Bonchev–Trinajstić information content (AvgIpc) is 2.25. The van der Waals surface area contributed by atoms with E-state index in [-0.39, 0.29) is 11.6 Å². The van der Waals surface area contributed by atoms with E-state index in [0.717, 1.165) is 0 Å². The zero-order valence-electron chi connectivity index (χ0n) is 11.0. The van der Waals surface area contributed by atoms with Gasteiger partial charge < -0.3 is 4.74 Å². The van der Waals surface area contributed by atoms with Gasteiger partial charge in [-0.25, -0.2) is 0 Å². The molecule has 0 aliphatic heterocycles. The van der Waals surface area contributed by atoms with E-state index < -0.39 is 5.41 Å². The van der Waals surface area contributed by atoms with Crippen LogP contribution in [0, 0.1) is 5.41 Å². The van der Waals surface area contributed by atoms with Gasteiger partial charge in [-0.05, 0) is 19.1 Å². The van der Waals surface area contributed by atoms with Gasteiger partial charge in [0.2, 0.25) is 0 Å². The van der Waals surface area contributed by atoms with Gasteiger partial charge in [0, 0.05) is 11.0 Å². The first-order valence-corrected chi connectivity index (χ1v) is 5.51. The normalized spacial score (nSPS) is 11.1. The van der Waals surface area contributed by atoms with E-state index in [4.69, 9.17) is 4.74 Å². The third-order valence-electron chi connectivity index (χ3n) is 2.53. The molecule has 0 fully saturated rings. The minimum atomic E-state index is -0.467. The second-order valence-corrected chi connectivity index (χ2v) is 5.05. The molecule has 0 atom stereocenters. The van der Waals surface area contributed by atoms with Crippen LogP contribution >= 0.6 is 0 Å². The molecule has 0 radical (unpaired) electrons. The maximum absolute atomic E-state index is 12.2. The molecule has 0 saturated heterocycles. The summed E-state index contributed by atoms with van der Waals surface area (Å²) in [7, 11) is 1.50. The second-order valence-electron chi connectivity index (χ2n) is 5.05. The van der Waals surface area contributed by atoms with E-state index in [9.17, 15) is 9.59 Å². The molecule has 0 aliphatic carbocycles. The Morgan fingerprint density at radius 1 is 1.18 bits per heavy atom. The van der Waals surface area contributed by atoms with Crippen molar-refractivity contribution in [2.24, 2.45) is 5.41 Å². The van der Waals surface area contributed by atoms with Gasteiger partial charge in [-0.3, -0.25) is 9.59 Å². The summed E-state index contributed by atoms with van der Waals surface area (Å²) in [5.41, 5.74) is 0.600. The van der Waals surface area contributed by atoms with Crippen LogP contribution < -0.4 is 4.74 Å². The summed E-state index contributed by atoms with van der Waals surface area (Å²) in [5, 5.41) is 0. The molecule has 0 aromatic heterocycles. The van der Waals surface area contributed by atoms with Gasteiger partial charge >= 0.3 is 0 Å². The summed E-state index contributed by atoms with van der Waals surface area (Å²) in [6.07, 6.45) is 0. The first kappa shape index (κ1) is 13.4. The van der Waals surface area contributed by atoms with Crippen LogP contribution in [0.15, 0.2) is 18.2 Å². The molecule has 0 spiro atoms. The Morgan fingerprint density at radius 3 is 2.18 bits per heavy atom. The van der Waals surface area contributed by atoms with Gasteiger partial charge in [0.15, 0.2) is 11.6 Å². The van der Waals surface area contributed by atoms with Gasteiger partial charge in [-0.1, -0.05) is 26.8 Å². The molecule has 3 nitrogen and oxygen atoms in total. The van der Waals surface area contributed by atoms with Crippen molar-refractivity contribution < 1.29 is 14.3 Å². The molecular formula is C14H18O3. The Morgan fingerprint density at radius 2 is 1.76 bits per heavy atom. The van der Waals surface area contributed by atoms with Crippen molar-refractivity contribution in [1.29, 1.82) is 0 Å². The van der Waals surface area contributed by atoms with Crippen LogP contribution in [0.5, 0.6) is 5.75 Å². The van der Waals surface area contributed by atoms with Crippen LogP contribution in [0.1, 0.15) is 48.4 Å². The number of Topliss-reactive ketones (excluding diaryl/α,β-unsaturated/α-hetero) is 2. The van der Waals surface area contributed by atoms with E-state index in [1.807, 2.05) is 20.8 Å². The van der Waals surface area contributed by atoms with Crippen LogP contribution in [-0.4, -0.2) is 18.7 Å². The molecule has 1 rings (SSSR count). The lowest BCUT2D eigenvalue weighted by molar-refractivity contribution is 0.0854. The Labute approximate surface area is 102 Å². The number of hydrogen-bond donors (Lipinski definition) is 0. The van der Waals surface area contributed by atoms with Crippen LogP contribution in [-0.2, 0) is 0 Å². The molecule has 17 heavy (non-hydrogen) atoms. The summed E-state index contributed by atoms with van der Waals surface area (Å²) in [6.45, 7) is 7.05. The SMILES string of the molecule is COc1cc(C(C)=O)ccc1C(=O)C(C)(C)C. The van der Waals surface area contributed by atoms with Crippen molar-refractivity contribution in [2.45, 2.75) is 27.7 Å². The minimum Gasteiger partial charge on any atom is -0.496 e. The summed E-state index contributed by atoms with van der Waals surface area (Å²) < 4.78 is 5.18. The Kier molecular flexibility index (Phi) is 3.71. The fraction of sp³-hybridized carbons (Fsp3) is 0.429. The van der Waals surface area contributed by atoms with Gasteiger partial charge in [-0.2, -0.15) is 0 Å². The van der Waals surface area contributed by atoms with Crippen molar-refractivity contribution in [3.05, 3.63) is 29.3 Å². The van der Waals surface area contributed by atoms with E-state index in [1.54, 1.807) is 18.2 Å². The Balaban J connectivity index is 3.27. The summed E-state index contributed by atoms with van der Waals surface area (Å²) >= 11 is 0. The van der Waals surface area contributed by atoms with Gasteiger partial charge in [-0.15, -0.1) is 0 Å². The second kappa shape index (κ2) is 4.70. The number of ketones is 2. The predicted octanol–water partition coefficient (Wildman–Crippen LogP) is 3.13. The molecule has 0 saturated carbocycles. The molecule has 0 aliphatic rings. The van der Waals surface area contributed by atoms with E-state index in [0.29, 0.717) is 16.9 Å². The van der Waals surface area contributed by atoms with Crippen molar-refractivity contribution in [3.63, 3.8) is 0 Å². The smallest absolute Gasteiger partial charge is 0.171 e. The van der Waals surface area contributed by atoms with Crippen LogP contribution in [0.2, 0.25) is 0 Å². The zero-order chi connectivity index (χ0) is 13.2. The fourth-order valence-electron chi connectivity index (χ4n) is 1.50. The van der Waals surface area contributed by atoms with E-state index >= 15 is 0 Å². The van der Waals surface area contributed by atoms with Crippen molar-refractivity contribution in [2.75, 3.05) is 7.11 Å². The molecule has 3 heteroatoms. The lowest BCUT2D eigenvalue weighted by Gasteiger charge is -2.18. The van der Waals surface area contributed by atoms with Gasteiger partial charge in [0.25, 0.3) is 0 Å². The minimum absolute atomic E-state index is 0.00412. The highest BCUT2D eigenvalue weighted by atomic mass is 16.5. The van der Waals surface area contributed by atoms with E-state index in [2.05, 4.69) is 0 Å². The Bertz CT molecular complexity index is 453. The summed E-state index contributed by atoms with van der Waals surface area (Å²) in [5.74, 6) is 0.417. The lowest BCUT2D eigenvalue weighted by atomic mass is 9.86. The maximum atomic E-state index is 12.2. The summed E-state index contributed by atoms with van der Waals surface area (Å²) in [6, 6.07) is 4.92. The topological polar surface area (TPSA) is 43.4 Å². The molecule has 0 amide bonds. The largest absolute Gasteiger partial charge is 0.496 e. The number of hydrogen-bond acceptors (Lipinski definition) is 3. The van der Waals surface area contributed by atoms with E-state index in [1.165, 1.54) is 14.0 Å². The first-order chi connectivity index (χ1) is 7.77. The monoisotopic (exact) mass is 234 g/mol. The molecule has 92 valence electrons. The quantitative estimate of drug-likeness (QED) is 0.755. The predicted molar refractivity (Wildman–Crippen MR) is 66.8 cm³/mol. The number of carbonyl (C=O) groups excluding carboxylic acids is 2. The molecule has 1 aromatic carbocycles. The fourth-order valence-corrected chi connectivity index (χ4v) is 1.50. The lowest BCUT2D eigenvalue weighted by Crippen LogP contribution is -2.21. The zero-order valence-corrected chi connectivity index (χ0v) is 11.0. The molecule has 0 N–H and O–H groups in total. The maximum Gasteiger partial charge on any atom is 0.171 e. The van der Waals surface area contributed by atoms with Gasteiger partial charge in [0.1, 0.15) is 5.75 Å². The third kappa shape index (κ3) is 2.93. The van der Waals surface area contributed by atoms with Crippen LogP contribution in [0.4, 0.5) is 0 Å². The highest BCUT2D eigenvalue weighted by Gasteiger charge is 2.25. The van der Waals surface area contributed by atoms with Crippen molar-refractivity contribution in [3.8, 4) is 5.75 Å². The summed E-state index contributed by atoms with van der Waals surface area (Å²) in [4.78, 5) is 23.4. The van der Waals surface area contributed by atoms with Gasteiger partial charge in [0.05, 0.1) is 12.7 Å². The molecule has 0 bridgehead atoms. The highest BCUT2D eigenvalue weighted by Crippen LogP contribution is 2.28. The molecule has 0 unspecified atom stereocenters.